The molecular weight excluding hydrogens is 682 g/mol. The second-order valence-electron chi connectivity index (χ2n) is 12.7. The van der Waals surface area contributed by atoms with Gasteiger partial charge in [0.15, 0.2) is 0 Å². The van der Waals surface area contributed by atoms with E-state index >= 15 is 0 Å². The standard InChI is InChI=1S/C36H46ClN5O7S/c1-24-21-42(25(2)23-43)36(46)20-26-19-28(39-34(44)11-5-4-6-12-35(45)40-31-10-8-7-9-30(31)38)15-18-32(26)49-33(24)22-41(3)50(47,48)29-16-13-27(37)14-17-29/h7-10,13-19,24-25,33,43H,4-6,11-12,20-23,38H2,1-3H3,(H,39,44)(H,40,45)/t24-,25+,33-/m1/s1. The summed E-state index contributed by atoms with van der Waals surface area (Å²) < 4.78 is 34.5. The first-order valence-corrected chi connectivity index (χ1v) is 18.5. The Labute approximate surface area is 299 Å². The van der Waals surface area contributed by atoms with Crippen LogP contribution in [-0.2, 0) is 30.8 Å². The number of ether oxygens (including phenoxy) is 1. The maximum Gasteiger partial charge on any atom is 0.242 e. The lowest BCUT2D eigenvalue weighted by Gasteiger charge is -2.33. The topological polar surface area (TPSA) is 171 Å². The SMILES string of the molecule is C[C@@H]1CN([C@@H](C)CO)C(=O)Cc2cc(NC(=O)CCCCCC(=O)Nc3ccccc3N)ccc2O[C@@H]1CN(C)S(=O)(=O)c1ccc(Cl)cc1. The molecule has 0 saturated heterocycles. The van der Waals surface area contributed by atoms with Crippen LogP contribution < -0.4 is 21.1 Å². The number of fused-ring (bicyclic) bond motifs is 1. The van der Waals surface area contributed by atoms with Gasteiger partial charge in [0.25, 0.3) is 0 Å². The van der Waals surface area contributed by atoms with Crippen LogP contribution in [0.1, 0.15) is 51.5 Å². The number of likely N-dealkylation sites (N-methyl/N-ethyl adjacent to an activating group) is 1. The number of aliphatic hydroxyl groups excluding tert-OH is 1. The summed E-state index contributed by atoms with van der Waals surface area (Å²) in [6.45, 7) is 3.60. The minimum Gasteiger partial charge on any atom is -0.488 e. The number of carbonyl (C=O) groups is 3. The monoisotopic (exact) mass is 727 g/mol. The summed E-state index contributed by atoms with van der Waals surface area (Å²) in [7, 11) is -2.41. The molecule has 14 heteroatoms. The van der Waals surface area contributed by atoms with Crippen LogP contribution in [-0.4, -0.2) is 79.3 Å². The van der Waals surface area contributed by atoms with E-state index in [1.807, 2.05) is 6.92 Å². The highest BCUT2D eigenvalue weighted by Crippen LogP contribution is 2.30. The Morgan fingerprint density at radius 3 is 2.36 bits per heavy atom. The van der Waals surface area contributed by atoms with Crippen molar-refractivity contribution in [3.63, 3.8) is 0 Å². The van der Waals surface area contributed by atoms with Crippen LogP contribution in [0.4, 0.5) is 17.1 Å². The number of sulfonamides is 1. The summed E-state index contributed by atoms with van der Waals surface area (Å²) in [5.74, 6) is -0.492. The molecule has 0 saturated carbocycles. The number of nitrogens with one attached hydrogen (secondary N) is 2. The highest BCUT2D eigenvalue weighted by molar-refractivity contribution is 7.89. The second-order valence-corrected chi connectivity index (χ2v) is 15.2. The molecule has 50 heavy (non-hydrogen) atoms. The zero-order valence-electron chi connectivity index (χ0n) is 28.6. The number of aliphatic hydroxyl groups is 1. The molecule has 0 aromatic heterocycles. The van der Waals surface area contributed by atoms with Gasteiger partial charge in [-0.1, -0.05) is 37.1 Å². The summed E-state index contributed by atoms with van der Waals surface area (Å²) >= 11 is 5.97. The van der Waals surface area contributed by atoms with Crippen LogP contribution >= 0.6 is 11.6 Å². The number of nitrogens with zero attached hydrogens (tertiary/aromatic N) is 2. The number of unbranched alkanes of at least 4 members (excludes halogenated alkanes) is 2. The number of nitrogen functional groups attached to an aromatic ring is 1. The fourth-order valence-corrected chi connectivity index (χ4v) is 6.97. The van der Waals surface area contributed by atoms with Gasteiger partial charge >= 0.3 is 0 Å². The molecule has 3 aromatic carbocycles. The van der Waals surface area contributed by atoms with Crippen molar-refractivity contribution in [2.45, 2.75) is 69.4 Å². The number of rotatable bonds is 14. The largest absolute Gasteiger partial charge is 0.488 e. The van der Waals surface area contributed by atoms with Crippen molar-refractivity contribution in [2.24, 2.45) is 5.92 Å². The molecule has 0 unspecified atom stereocenters. The van der Waals surface area contributed by atoms with E-state index in [1.54, 1.807) is 54.3 Å². The van der Waals surface area contributed by atoms with E-state index < -0.39 is 22.2 Å². The Morgan fingerprint density at radius 2 is 1.70 bits per heavy atom. The van der Waals surface area contributed by atoms with Crippen LogP contribution in [0.25, 0.3) is 0 Å². The number of halogens is 1. The fourth-order valence-electron chi connectivity index (χ4n) is 5.66. The Bertz CT molecular complexity index is 1760. The van der Waals surface area contributed by atoms with Gasteiger partial charge in [0.1, 0.15) is 11.9 Å². The molecular formula is C36H46ClN5O7S. The predicted octanol–water partition coefficient (Wildman–Crippen LogP) is 4.92. The molecule has 1 aliphatic heterocycles. The van der Waals surface area contributed by atoms with Crippen LogP contribution in [0.3, 0.4) is 0 Å². The van der Waals surface area contributed by atoms with Crippen LogP contribution in [0.2, 0.25) is 5.02 Å². The molecule has 0 bridgehead atoms. The summed E-state index contributed by atoms with van der Waals surface area (Å²) in [5.41, 5.74) is 7.96. The van der Waals surface area contributed by atoms with Crippen molar-refractivity contribution in [3.8, 4) is 5.75 Å². The lowest BCUT2D eigenvalue weighted by Crippen LogP contribution is -2.48. The molecule has 0 fully saturated rings. The zero-order valence-corrected chi connectivity index (χ0v) is 30.2. The van der Waals surface area contributed by atoms with E-state index in [9.17, 15) is 27.9 Å². The summed E-state index contributed by atoms with van der Waals surface area (Å²) in [5, 5.41) is 16.0. The van der Waals surface area contributed by atoms with Crippen LogP contribution in [0.5, 0.6) is 5.75 Å². The highest BCUT2D eigenvalue weighted by atomic mass is 35.5. The van der Waals surface area contributed by atoms with E-state index in [4.69, 9.17) is 22.1 Å². The first kappa shape index (κ1) is 38.6. The van der Waals surface area contributed by atoms with Crippen molar-refractivity contribution in [1.29, 1.82) is 0 Å². The lowest BCUT2D eigenvalue weighted by molar-refractivity contribution is -0.134. The first-order valence-electron chi connectivity index (χ1n) is 16.6. The zero-order chi connectivity index (χ0) is 36.4. The van der Waals surface area contributed by atoms with Crippen LogP contribution in [0.15, 0.2) is 71.6 Å². The second kappa shape index (κ2) is 17.7. The smallest absolute Gasteiger partial charge is 0.242 e. The van der Waals surface area contributed by atoms with Crippen molar-refractivity contribution in [1.82, 2.24) is 9.21 Å². The minimum atomic E-state index is -3.88. The molecule has 0 aliphatic carbocycles. The van der Waals surface area contributed by atoms with E-state index in [0.717, 1.165) is 0 Å². The lowest BCUT2D eigenvalue weighted by atomic mass is 10.0. The van der Waals surface area contributed by atoms with Crippen molar-refractivity contribution >= 4 is 56.4 Å². The van der Waals surface area contributed by atoms with Gasteiger partial charge in [-0.2, -0.15) is 4.31 Å². The van der Waals surface area contributed by atoms with Gasteiger partial charge in [-0.25, -0.2) is 8.42 Å². The summed E-state index contributed by atoms with van der Waals surface area (Å²) in [4.78, 5) is 40.3. The van der Waals surface area contributed by atoms with Gasteiger partial charge in [-0.3, -0.25) is 14.4 Å². The maximum atomic E-state index is 13.6. The Balaban J connectivity index is 1.41. The first-order chi connectivity index (χ1) is 23.8. The number of anilines is 3. The van der Waals surface area contributed by atoms with Gasteiger partial charge in [-0.05, 0) is 74.4 Å². The number of nitrogens with two attached hydrogens (primary N) is 1. The van der Waals surface area contributed by atoms with Gasteiger partial charge < -0.3 is 31.1 Å². The molecule has 1 heterocycles. The van der Waals surface area contributed by atoms with Crippen LogP contribution in [0, 0.1) is 5.92 Å². The van der Waals surface area contributed by atoms with Crippen molar-refractivity contribution in [2.75, 3.05) is 43.1 Å². The molecule has 0 radical (unpaired) electrons. The van der Waals surface area contributed by atoms with Crippen molar-refractivity contribution in [3.05, 3.63) is 77.3 Å². The normalized spacial score (nSPS) is 17.2. The fraction of sp³-hybridized carbons (Fsp3) is 0.417. The van der Waals surface area contributed by atoms with E-state index in [1.165, 1.54) is 35.6 Å². The maximum absolute atomic E-state index is 13.6. The average Bonchev–Trinajstić information content (AvgIpc) is 3.12. The molecule has 1 aliphatic rings. The third kappa shape index (κ3) is 10.4. The van der Waals surface area contributed by atoms with E-state index in [-0.39, 0.29) is 61.1 Å². The molecule has 3 atom stereocenters. The Kier molecular flexibility index (Phi) is 13.6. The number of amides is 3. The number of para-hydroxylation sites is 2. The van der Waals surface area contributed by atoms with Gasteiger partial charge in [-0.15, -0.1) is 0 Å². The molecule has 0 spiro atoms. The number of hydrogen-bond acceptors (Lipinski definition) is 8. The Hall–Kier alpha value is -4.17. The molecule has 4 rings (SSSR count). The number of benzene rings is 3. The molecule has 3 aromatic rings. The Morgan fingerprint density at radius 1 is 1.04 bits per heavy atom. The van der Waals surface area contributed by atoms with E-state index in [2.05, 4.69) is 10.6 Å². The third-order valence-corrected chi connectivity index (χ3v) is 10.8. The minimum absolute atomic E-state index is 0.0123. The number of hydrogen-bond donors (Lipinski definition) is 4. The average molecular weight is 728 g/mol. The van der Waals surface area contributed by atoms with Crippen molar-refractivity contribution < 1.29 is 32.6 Å². The summed E-state index contributed by atoms with van der Waals surface area (Å²) in [6, 6.07) is 17.5. The number of carbonyl (C=O) groups excluding carboxylic acids is 3. The quantitative estimate of drug-likeness (QED) is 0.134. The third-order valence-electron chi connectivity index (χ3n) is 8.70. The van der Waals surface area contributed by atoms with Gasteiger partial charge in [0, 0.05) is 48.6 Å². The predicted molar refractivity (Wildman–Crippen MR) is 194 cm³/mol. The molecule has 270 valence electrons. The molecule has 5 N–H and O–H groups in total. The highest BCUT2D eigenvalue weighted by Gasteiger charge is 2.33. The summed E-state index contributed by atoms with van der Waals surface area (Å²) in [6.07, 6.45) is 1.73. The van der Waals surface area contributed by atoms with E-state index in [0.29, 0.717) is 59.1 Å². The van der Waals surface area contributed by atoms with Gasteiger partial charge in [0.2, 0.25) is 27.7 Å². The molecule has 12 nitrogen and oxygen atoms in total. The molecule has 3 amide bonds. The van der Waals surface area contributed by atoms with Gasteiger partial charge in [0.05, 0.1) is 41.9 Å².